The molecule has 2 aromatic rings. The summed E-state index contributed by atoms with van der Waals surface area (Å²) in [6.07, 6.45) is 18.0. The van der Waals surface area contributed by atoms with Crippen molar-refractivity contribution >= 4 is 40.3 Å². The average Bonchev–Trinajstić information content (AvgIpc) is 3.38. The maximum atomic E-state index is 14.9. The van der Waals surface area contributed by atoms with Crippen LogP contribution < -0.4 is 9.64 Å². The first-order chi connectivity index (χ1) is 20.0. The Bertz CT molecular complexity index is 1100. The summed E-state index contributed by atoms with van der Waals surface area (Å²) in [4.78, 5) is 18.2. The first kappa shape index (κ1) is 36.2. The number of amides is 1. The van der Waals surface area contributed by atoms with Crippen LogP contribution in [0.5, 0.6) is 5.75 Å². The van der Waals surface area contributed by atoms with Gasteiger partial charge in [-0.15, -0.1) is 28.7 Å². The molecule has 3 rings (SSSR count). The van der Waals surface area contributed by atoms with Crippen molar-refractivity contribution in [3.8, 4) is 5.75 Å². The number of carbonyl (C=O) groups excluding carboxylic acids is 1. The largest absolute Gasteiger partial charge is 0.491 e. The van der Waals surface area contributed by atoms with Gasteiger partial charge in [-0.05, 0) is 53.6 Å². The molecule has 4 nitrogen and oxygen atoms in total. The Hall–Kier alpha value is -1.99. The van der Waals surface area contributed by atoms with Crippen molar-refractivity contribution in [2.24, 2.45) is 0 Å². The Balaban J connectivity index is 0.00000616. The third kappa shape index (κ3) is 13.1. The molecule has 0 aliphatic carbocycles. The third-order valence-electron chi connectivity index (χ3n) is 7.63. The van der Waals surface area contributed by atoms with Crippen molar-refractivity contribution in [2.45, 2.75) is 117 Å². The molecule has 0 bridgehead atoms. The lowest BCUT2D eigenvalue weighted by Gasteiger charge is -2.24. The Morgan fingerprint density at radius 3 is 2.17 bits per heavy atom. The number of benzene rings is 2. The second-order valence-corrected chi connectivity index (χ2v) is 12.5. The zero-order valence-electron chi connectivity index (χ0n) is 26.0. The van der Waals surface area contributed by atoms with Gasteiger partial charge in [0.05, 0.1) is 19.0 Å². The van der Waals surface area contributed by atoms with Crippen molar-refractivity contribution in [1.82, 2.24) is 4.90 Å². The van der Waals surface area contributed by atoms with E-state index >= 15 is 0 Å². The van der Waals surface area contributed by atoms with Crippen LogP contribution in [0.3, 0.4) is 0 Å². The molecule has 0 radical (unpaired) electrons. The second-order valence-electron chi connectivity index (χ2n) is 11.3. The van der Waals surface area contributed by atoms with E-state index < -0.39 is 0 Å². The van der Waals surface area contributed by atoms with E-state index in [0.717, 1.165) is 42.1 Å². The Morgan fingerprint density at radius 2 is 1.57 bits per heavy atom. The molecule has 0 saturated heterocycles. The molecule has 1 heterocycles. The van der Waals surface area contributed by atoms with Crippen LogP contribution >= 0.6 is 28.7 Å². The zero-order valence-corrected chi connectivity index (χ0v) is 28.6. The van der Waals surface area contributed by atoms with E-state index in [9.17, 15) is 9.18 Å². The summed E-state index contributed by atoms with van der Waals surface area (Å²) in [6.45, 7) is 7.90. The van der Waals surface area contributed by atoms with E-state index in [1.807, 2.05) is 36.9 Å². The van der Waals surface area contributed by atoms with Crippen LogP contribution in [0, 0.1) is 5.82 Å². The molecular weight excluding hydrogens is 611 g/mol. The molecule has 0 unspecified atom stereocenters. The lowest BCUT2D eigenvalue weighted by molar-refractivity contribution is -0.118. The molecule has 234 valence electrons. The van der Waals surface area contributed by atoms with Gasteiger partial charge in [0.15, 0.2) is 11.6 Å². The van der Waals surface area contributed by atoms with Crippen LogP contribution in [0.25, 0.3) is 0 Å². The number of hydrogen-bond donors (Lipinski definition) is 0. The number of nitrogens with zero attached hydrogens (tertiary/aromatic N) is 2. The smallest absolute Gasteiger partial charge is 0.227 e. The van der Waals surface area contributed by atoms with Crippen LogP contribution in [0.2, 0.25) is 0 Å². The van der Waals surface area contributed by atoms with E-state index in [-0.39, 0.29) is 28.7 Å². The minimum absolute atomic E-state index is 0. The van der Waals surface area contributed by atoms with Crippen molar-refractivity contribution in [3.05, 3.63) is 70.5 Å². The first-order valence-corrected chi connectivity index (χ1v) is 16.8. The maximum absolute atomic E-state index is 14.9. The van der Waals surface area contributed by atoms with Crippen LogP contribution in [-0.4, -0.2) is 23.3 Å². The van der Waals surface area contributed by atoms with Crippen molar-refractivity contribution in [1.29, 1.82) is 0 Å². The Morgan fingerprint density at radius 1 is 0.905 bits per heavy atom. The molecule has 0 saturated carbocycles. The van der Waals surface area contributed by atoms with Gasteiger partial charge in [0, 0.05) is 24.9 Å². The summed E-state index contributed by atoms with van der Waals surface area (Å²) < 4.78 is 20.7. The number of allylic oxidation sites excluding steroid dienone is 1. The molecular formula is C35H52BrFN2O2S. The van der Waals surface area contributed by atoms with Crippen LogP contribution in [0.4, 0.5) is 10.1 Å². The summed E-state index contributed by atoms with van der Waals surface area (Å²) >= 11 is 1.84. The minimum Gasteiger partial charge on any atom is -0.491 e. The quantitative estimate of drug-likeness (QED) is 0.132. The summed E-state index contributed by atoms with van der Waals surface area (Å²) in [7, 11) is 0. The highest BCUT2D eigenvalue weighted by Crippen LogP contribution is 2.28. The summed E-state index contributed by atoms with van der Waals surface area (Å²) in [5.74, 6) is 0.884. The highest BCUT2D eigenvalue weighted by molar-refractivity contribution is 8.93. The lowest BCUT2D eigenvalue weighted by atomic mass is 10.1. The number of halogens is 2. The van der Waals surface area contributed by atoms with Gasteiger partial charge in [0.2, 0.25) is 5.91 Å². The van der Waals surface area contributed by atoms with Crippen molar-refractivity contribution in [3.63, 3.8) is 0 Å². The van der Waals surface area contributed by atoms with Crippen molar-refractivity contribution < 1.29 is 13.9 Å². The first-order valence-electron chi connectivity index (χ1n) is 15.9. The van der Waals surface area contributed by atoms with E-state index in [4.69, 9.17) is 4.74 Å². The van der Waals surface area contributed by atoms with Crippen LogP contribution in [-0.2, 0) is 17.9 Å². The number of unbranched alkanes of at least 4 members (excludes halogenated alkanes) is 11. The molecule has 2 aromatic carbocycles. The molecule has 0 N–H and O–H groups in total. The average molecular weight is 664 g/mol. The predicted octanol–water partition coefficient (Wildman–Crippen LogP) is 10.8. The maximum Gasteiger partial charge on any atom is 0.227 e. The number of rotatable bonds is 20. The van der Waals surface area contributed by atoms with E-state index in [1.54, 1.807) is 11.0 Å². The molecule has 0 spiro atoms. The fraction of sp³-hybridized carbons (Fsp3) is 0.571. The van der Waals surface area contributed by atoms with Gasteiger partial charge < -0.3 is 14.5 Å². The third-order valence-corrected chi connectivity index (χ3v) is 8.65. The summed E-state index contributed by atoms with van der Waals surface area (Å²) in [6, 6.07) is 13.2. The van der Waals surface area contributed by atoms with Gasteiger partial charge in [0.1, 0.15) is 0 Å². The lowest BCUT2D eigenvalue weighted by Crippen LogP contribution is -2.29. The fourth-order valence-electron chi connectivity index (χ4n) is 5.25. The number of ether oxygens (including phenoxy) is 1. The van der Waals surface area contributed by atoms with E-state index in [0.29, 0.717) is 25.3 Å². The molecule has 0 fully saturated rings. The summed E-state index contributed by atoms with van der Waals surface area (Å²) in [5.41, 5.74) is 2.74. The monoisotopic (exact) mass is 662 g/mol. The number of carbonyl (C=O) groups is 1. The van der Waals surface area contributed by atoms with E-state index in [1.165, 1.54) is 75.2 Å². The molecule has 42 heavy (non-hydrogen) atoms. The Labute approximate surface area is 269 Å². The van der Waals surface area contributed by atoms with Gasteiger partial charge in [0.25, 0.3) is 0 Å². The molecule has 0 atom stereocenters. The predicted molar refractivity (Wildman–Crippen MR) is 183 cm³/mol. The molecule has 1 aliphatic rings. The van der Waals surface area contributed by atoms with Crippen LogP contribution in [0.1, 0.15) is 115 Å². The standard InChI is InChI=1S/C35H51FN2O2S.BrH/c1-4-6-7-8-9-10-11-12-13-14-15-16-22-40-34-21-20-31(24-33(34)36)27-38(35(39)5-2)32-19-17-18-30(23-32)26-37-25-29(3)41-28-37;/h17-21,23-25H,4-16,22,26-28H2,1-3H3;1H. The number of anilines is 1. The normalized spacial score (nSPS) is 12.7. The van der Waals surface area contributed by atoms with E-state index in [2.05, 4.69) is 37.1 Å². The summed E-state index contributed by atoms with van der Waals surface area (Å²) in [5, 5.41) is 0. The molecule has 1 amide bonds. The highest BCUT2D eigenvalue weighted by atomic mass is 79.9. The topological polar surface area (TPSA) is 32.8 Å². The number of thioether (sulfide) groups is 1. The van der Waals surface area contributed by atoms with Gasteiger partial charge in [-0.2, -0.15) is 0 Å². The SMILES string of the molecule is Br.CCCCCCCCCCCCCCOc1ccc(CN(C(=O)CC)c2cccc(CN3C=C(C)SC3)c2)cc1F. The molecule has 0 aromatic heterocycles. The van der Waals surface area contributed by atoms with Crippen molar-refractivity contribution in [2.75, 3.05) is 17.4 Å². The minimum atomic E-state index is -0.368. The van der Waals surface area contributed by atoms with Crippen LogP contribution in [0.15, 0.2) is 53.6 Å². The second kappa shape index (κ2) is 20.8. The van der Waals surface area contributed by atoms with Gasteiger partial charge >= 0.3 is 0 Å². The highest BCUT2D eigenvalue weighted by Gasteiger charge is 2.17. The number of hydrogen-bond acceptors (Lipinski definition) is 4. The molecule has 1 aliphatic heterocycles. The van der Waals surface area contributed by atoms with Gasteiger partial charge in [-0.25, -0.2) is 4.39 Å². The van der Waals surface area contributed by atoms with Gasteiger partial charge in [-0.1, -0.05) is 103 Å². The zero-order chi connectivity index (χ0) is 29.3. The fourth-order valence-corrected chi connectivity index (χ4v) is 6.01. The Kier molecular flexibility index (Phi) is 18.0. The molecule has 7 heteroatoms. The van der Waals surface area contributed by atoms with Gasteiger partial charge in [-0.3, -0.25) is 4.79 Å².